The minimum absolute atomic E-state index is 0.353. The van der Waals surface area contributed by atoms with E-state index in [1.807, 2.05) is 26.0 Å². The lowest BCUT2D eigenvalue weighted by atomic mass is 10.3. The van der Waals surface area contributed by atoms with Crippen molar-refractivity contribution >= 4 is 17.3 Å². The summed E-state index contributed by atoms with van der Waals surface area (Å²) in [5.41, 5.74) is 0.381. The lowest BCUT2D eigenvalue weighted by Gasteiger charge is -1.97. The molecule has 96 valence electrons. The number of hydrogen-bond acceptors (Lipinski definition) is 5. The van der Waals surface area contributed by atoms with Crippen LogP contribution >= 0.6 is 11.3 Å². The number of thiazole rings is 1. The summed E-state index contributed by atoms with van der Waals surface area (Å²) in [5.74, 6) is 1.24. The summed E-state index contributed by atoms with van der Waals surface area (Å²) >= 11 is 1.44. The Morgan fingerprint density at radius 1 is 1.44 bits per heavy atom. The van der Waals surface area contributed by atoms with Crippen LogP contribution in [0.2, 0.25) is 0 Å². The van der Waals surface area contributed by atoms with Crippen molar-refractivity contribution in [1.82, 2.24) is 4.98 Å². The Hall–Kier alpha value is -1.62. The summed E-state index contributed by atoms with van der Waals surface area (Å²) in [4.78, 5) is 16.8. The van der Waals surface area contributed by atoms with E-state index in [1.165, 1.54) is 11.3 Å². The Kier molecular flexibility index (Phi) is 3.81. The highest BCUT2D eigenvalue weighted by atomic mass is 32.1. The molecule has 0 aliphatic heterocycles. The molecule has 0 saturated carbocycles. The first kappa shape index (κ1) is 12.8. The van der Waals surface area contributed by atoms with Gasteiger partial charge in [-0.2, -0.15) is 0 Å². The summed E-state index contributed by atoms with van der Waals surface area (Å²) in [6, 6.07) is 3.81. The molecule has 2 aromatic rings. The smallest absolute Gasteiger partial charge is 0.358 e. The van der Waals surface area contributed by atoms with Crippen LogP contribution in [0.3, 0.4) is 0 Å². The van der Waals surface area contributed by atoms with Gasteiger partial charge in [-0.3, -0.25) is 0 Å². The number of carbonyl (C=O) groups is 1. The number of nitrogens with zero attached hydrogens (tertiary/aromatic N) is 1. The second-order valence-electron chi connectivity index (χ2n) is 3.76. The molecule has 4 nitrogen and oxygen atoms in total. The van der Waals surface area contributed by atoms with E-state index in [9.17, 15) is 4.79 Å². The van der Waals surface area contributed by atoms with Crippen LogP contribution in [-0.4, -0.2) is 17.6 Å². The average Bonchev–Trinajstić information content (AvgIpc) is 2.95. The first-order chi connectivity index (χ1) is 8.65. The monoisotopic (exact) mass is 265 g/mol. The predicted octanol–water partition coefficient (Wildman–Crippen LogP) is 3.45. The molecule has 0 atom stereocenters. The van der Waals surface area contributed by atoms with Crippen LogP contribution in [0.4, 0.5) is 0 Å². The quantitative estimate of drug-likeness (QED) is 0.794. The minimum atomic E-state index is -0.375. The Balaban J connectivity index is 2.30. The van der Waals surface area contributed by atoms with Crippen molar-refractivity contribution in [2.24, 2.45) is 0 Å². The van der Waals surface area contributed by atoms with Gasteiger partial charge in [0.05, 0.1) is 6.61 Å². The average molecular weight is 265 g/mol. The van der Waals surface area contributed by atoms with Crippen LogP contribution in [0.25, 0.3) is 10.8 Å². The fourth-order valence-corrected chi connectivity index (χ4v) is 2.44. The summed E-state index contributed by atoms with van der Waals surface area (Å²) in [6.07, 6.45) is 0.842. The molecule has 2 aromatic heterocycles. The van der Waals surface area contributed by atoms with Crippen LogP contribution in [0.1, 0.15) is 35.0 Å². The molecule has 0 aliphatic carbocycles. The third kappa shape index (κ3) is 2.46. The number of hydrogen-bond donors (Lipinski definition) is 0. The molecule has 5 heteroatoms. The number of carbonyl (C=O) groups excluding carboxylic acids is 1. The minimum Gasteiger partial charge on any atom is -0.461 e. The van der Waals surface area contributed by atoms with Gasteiger partial charge in [-0.1, -0.05) is 6.92 Å². The molecular weight excluding hydrogens is 250 g/mol. The third-order valence-corrected chi connectivity index (χ3v) is 3.47. The number of ether oxygens (including phenoxy) is 1. The topological polar surface area (TPSA) is 52.3 Å². The Morgan fingerprint density at radius 2 is 2.22 bits per heavy atom. The first-order valence-corrected chi connectivity index (χ1v) is 6.71. The maximum Gasteiger partial charge on any atom is 0.358 e. The van der Waals surface area contributed by atoms with Gasteiger partial charge in [0, 0.05) is 11.3 Å². The standard InChI is InChI=1S/C13H15NO3S/c1-4-9-6-7-10(17-9)12-14-11(8(3)18-12)13(15)16-5-2/h6-7H,4-5H2,1-3H3. The van der Waals surface area contributed by atoms with Gasteiger partial charge < -0.3 is 9.15 Å². The first-order valence-electron chi connectivity index (χ1n) is 5.89. The number of aryl methyl sites for hydroxylation is 2. The van der Waals surface area contributed by atoms with Crippen molar-refractivity contribution < 1.29 is 13.9 Å². The van der Waals surface area contributed by atoms with E-state index in [4.69, 9.17) is 9.15 Å². The van der Waals surface area contributed by atoms with E-state index < -0.39 is 0 Å². The largest absolute Gasteiger partial charge is 0.461 e. The molecule has 0 saturated heterocycles. The highest BCUT2D eigenvalue weighted by Gasteiger charge is 2.18. The molecule has 0 unspecified atom stereocenters. The van der Waals surface area contributed by atoms with Crippen molar-refractivity contribution in [2.45, 2.75) is 27.2 Å². The van der Waals surface area contributed by atoms with Gasteiger partial charge in [0.15, 0.2) is 16.5 Å². The highest BCUT2D eigenvalue weighted by Crippen LogP contribution is 2.29. The number of furan rings is 1. The zero-order valence-corrected chi connectivity index (χ0v) is 11.5. The van der Waals surface area contributed by atoms with Crippen molar-refractivity contribution in [3.05, 3.63) is 28.5 Å². The Bertz CT molecular complexity index is 556. The number of rotatable bonds is 4. The molecule has 0 bridgehead atoms. The van der Waals surface area contributed by atoms with E-state index in [2.05, 4.69) is 4.98 Å². The van der Waals surface area contributed by atoms with Crippen LogP contribution < -0.4 is 0 Å². The molecule has 18 heavy (non-hydrogen) atoms. The summed E-state index contributed by atoms with van der Waals surface area (Å²) < 4.78 is 10.6. The molecule has 2 heterocycles. The van der Waals surface area contributed by atoms with Gasteiger partial charge in [0.25, 0.3) is 0 Å². The van der Waals surface area contributed by atoms with Crippen molar-refractivity contribution in [1.29, 1.82) is 0 Å². The summed E-state index contributed by atoms with van der Waals surface area (Å²) in [6.45, 7) is 6.02. The molecule has 0 fully saturated rings. The Labute approximate surface area is 110 Å². The molecule has 0 aliphatic rings. The van der Waals surface area contributed by atoms with Gasteiger partial charge in [0.2, 0.25) is 0 Å². The fourth-order valence-electron chi connectivity index (χ4n) is 1.57. The van der Waals surface area contributed by atoms with Gasteiger partial charge >= 0.3 is 5.97 Å². The van der Waals surface area contributed by atoms with Gasteiger partial charge in [-0.05, 0) is 26.0 Å². The predicted molar refractivity (Wildman–Crippen MR) is 69.9 cm³/mol. The maximum atomic E-state index is 11.7. The van der Waals surface area contributed by atoms with E-state index in [0.29, 0.717) is 18.1 Å². The van der Waals surface area contributed by atoms with E-state index in [-0.39, 0.29) is 5.97 Å². The van der Waals surface area contributed by atoms with Crippen molar-refractivity contribution in [3.63, 3.8) is 0 Å². The summed E-state index contributed by atoms with van der Waals surface area (Å²) in [5, 5.41) is 0.718. The van der Waals surface area contributed by atoms with Crippen molar-refractivity contribution in [2.75, 3.05) is 6.61 Å². The van der Waals surface area contributed by atoms with E-state index in [0.717, 1.165) is 22.1 Å². The molecule has 0 radical (unpaired) electrons. The zero-order valence-electron chi connectivity index (χ0n) is 10.6. The van der Waals surface area contributed by atoms with Crippen LogP contribution in [0.5, 0.6) is 0 Å². The SMILES string of the molecule is CCOC(=O)c1nc(-c2ccc(CC)o2)sc1C. The van der Waals surface area contributed by atoms with Crippen LogP contribution in [0.15, 0.2) is 16.5 Å². The molecule has 0 N–H and O–H groups in total. The summed E-state index contributed by atoms with van der Waals surface area (Å²) in [7, 11) is 0. The van der Waals surface area contributed by atoms with Crippen molar-refractivity contribution in [3.8, 4) is 10.8 Å². The molecule has 0 aromatic carbocycles. The highest BCUT2D eigenvalue weighted by molar-refractivity contribution is 7.15. The zero-order chi connectivity index (χ0) is 13.1. The van der Waals surface area contributed by atoms with Crippen LogP contribution in [-0.2, 0) is 11.2 Å². The molecular formula is C13H15NO3S. The van der Waals surface area contributed by atoms with Crippen LogP contribution in [0, 0.1) is 6.92 Å². The second-order valence-corrected chi connectivity index (χ2v) is 4.97. The fraction of sp³-hybridized carbons (Fsp3) is 0.385. The molecule has 2 rings (SSSR count). The Morgan fingerprint density at radius 3 is 2.83 bits per heavy atom. The maximum absolute atomic E-state index is 11.7. The number of esters is 1. The molecule has 0 spiro atoms. The third-order valence-electron chi connectivity index (χ3n) is 2.49. The van der Waals surface area contributed by atoms with Gasteiger partial charge in [-0.25, -0.2) is 9.78 Å². The second kappa shape index (κ2) is 5.35. The molecule has 0 amide bonds. The normalized spacial score (nSPS) is 10.6. The van der Waals surface area contributed by atoms with Gasteiger partial charge in [-0.15, -0.1) is 11.3 Å². The lowest BCUT2D eigenvalue weighted by molar-refractivity contribution is 0.0519. The lowest BCUT2D eigenvalue weighted by Crippen LogP contribution is -2.06. The van der Waals surface area contributed by atoms with Gasteiger partial charge in [0.1, 0.15) is 5.76 Å². The van der Waals surface area contributed by atoms with E-state index >= 15 is 0 Å². The number of aromatic nitrogens is 1. The van der Waals surface area contributed by atoms with E-state index in [1.54, 1.807) is 6.92 Å².